The third kappa shape index (κ3) is 4.70. The Balaban J connectivity index is 1.74. The fourth-order valence-electron chi connectivity index (χ4n) is 3.52. The summed E-state index contributed by atoms with van der Waals surface area (Å²) in [4.78, 5) is 13.4. The standard InChI is InChI=1S/C18H29NO2/c1-4-21-18(20)17-9-11-19(12-10-17)13-15-5-7-16(8-6-15)14(2)3/h5,16-17H,2,4,6-13H2,1,3H3/p+1/t16-/m0/s1. The van der Waals surface area contributed by atoms with E-state index in [-0.39, 0.29) is 11.9 Å². The maximum absolute atomic E-state index is 11.7. The number of ether oxygens (including phenoxy) is 1. The molecule has 2 rings (SSSR count). The van der Waals surface area contributed by atoms with Gasteiger partial charge in [-0.2, -0.15) is 0 Å². The minimum Gasteiger partial charge on any atom is -0.466 e. The van der Waals surface area contributed by atoms with Crippen LogP contribution in [0.15, 0.2) is 23.8 Å². The Morgan fingerprint density at radius 1 is 1.33 bits per heavy atom. The van der Waals surface area contributed by atoms with E-state index in [9.17, 15) is 4.79 Å². The first-order valence-corrected chi connectivity index (χ1v) is 8.43. The lowest BCUT2D eigenvalue weighted by Crippen LogP contribution is -3.13. The van der Waals surface area contributed by atoms with E-state index in [0.29, 0.717) is 12.5 Å². The number of hydrogen-bond donors (Lipinski definition) is 1. The summed E-state index contributed by atoms with van der Waals surface area (Å²) < 4.78 is 5.13. The van der Waals surface area contributed by atoms with Gasteiger partial charge in [0.05, 0.1) is 32.2 Å². The van der Waals surface area contributed by atoms with Gasteiger partial charge in [0.15, 0.2) is 0 Å². The van der Waals surface area contributed by atoms with Gasteiger partial charge in [-0.3, -0.25) is 4.79 Å². The number of likely N-dealkylation sites (tertiary alicyclic amines) is 1. The van der Waals surface area contributed by atoms with Crippen LogP contribution in [0, 0.1) is 11.8 Å². The maximum Gasteiger partial charge on any atom is 0.309 e. The summed E-state index contributed by atoms with van der Waals surface area (Å²) >= 11 is 0. The minimum absolute atomic E-state index is 0.0118. The van der Waals surface area contributed by atoms with Crippen molar-refractivity contribution in [2.45, 2.75) is 46.0 Å². The first-order chi connectivity index (χ1) is 10.1. The summed E-state index contributed by atoms with van der Waals surface area (Å²) in [6.07, 6.45) is 8.06. The highest BCUT2D eigenvalue weighted by Crippen LogP contribution is 2.27. The molecule has 118 valence electrons. The van der Waals surface area contributed by atoms with E-state index in [1.807, 2.05) is 6.92 Å². The second kappa shape index (κ2) is 7.79. The van der Waals surface area contributed by atoms with Crippen molar-refractivity contribution in [3.05, 3.63) is 23.8 Å². The van der Waals surface area contributed by atoms with E-state index >= 15 is 0 Å². The first kappa shape index (κ1) is 16.3. The van der Waals surface area contributed by atoms with Gasteiger partial charge in [0.1, 0.15) is 0 Å². The number of nitrogens with one attached hydrogen (secondary N) is 1. The van der Waals surface area contributed by atoms with Crippen LogP contribution >= 0.6 is 0 Å². The van der Waals surface area contributed by atoms with Gasteiger partial charge >= 0.3 is 5.97 Å². The molecule has 0 aromatic rings. The molecule has 1 aliphatic heterocycles. The van der Waals surface area contributed by atoms with E-state index in [2.05, 4.69) is 19.6 Å². The number of hydrogen-bond acceptors (Lipinski definition) is 2. The third-order valence-electron chi connectivity index (χ3n) is 4.99. The van der Waals surface area contributed by atoms with Crippen molar-refractivity contribution in [3.63, 3.8) is 0 Å². The van der Waals surface area contributed by atoms with Crippen LogP contribution in [0.3, 0.4) is 0 Å². The summed E-state index contributed by atoms with van der Waals surface area (Å²) in [6.45, 7) is 12.0. The zero-order chi connectivity index (χ0) is 15.2. The molecule has 0 spiro atoms. The molecular formula is C18H30NO2+. The molecule has 0 saturated carbocycles. The number of quaternary nitrogens is 1. The van der Waals surface area contributed by atoms with Gasteiger partial charge in [-0.25, -0.2) is 0 Å². The Labute approximate surface area is 129 Å². The summed E-state index contributed by atoms with van der Waals surface area (Å²) in [5, 5.41) is 0. The van der Waals surface area contributed by atoms with Gasteiger partial charge in [-0.15, -0.1) is 0 Å². The number of esters is 1. The molecular weight excluding hydrogens is 262 g/mol. The largest absolute Gasteiger partial charge is 0.466 e. The highest BCUT2D eigenvalue weighted by Gasteiger charge is 2.29. The summed E-state index contributed by atoms with van der Waals surface area (Å²) in [5.74, 6) is 0.845. The molecule has 2 aliphatic rings. The topological polar surface area (TPSA) is 30.7 Å². The van der Waals surface area contributed by atoms with Crippen molar-refractivity contribution >= 4 is 5.97 Å². The second-order valence-corrected chi connectivity index (χ2v) is 6.63. The SMILES string of the molecule is C=C(C)[C@H]1CC=C(C[NH+]2CCC(C(=O)OCC)CC2)CC1. The molecule has 1 N–H and O–H groups in total. The molecule has 1 saturated heterocycles. The van der Waals surface area contributed by atoms with Crippen molar-refractivity contribution in [2.75, 3.05) is 26.2 Å². The molecule has 0 aromatic carbocycles. The van der Waals surface area contributed by atoms with Crippen molar-refractivity contribution < 1.29 is 14.4 Å². The highest BCUT2D eigenvalue weighted by atomic mass is 16.5. The molecule has 0 bridgehead atoms. The fraction of sp³-hybridized carbons (Fsp3) is 0.722. The van der Waals surface area contributed by atoms with Crippen LogP contribution in [-0.2, 0) is 9.53 Å². The number of carbonyl (C=O) groups is 1. The van der Waals surface area contributed by atoms with E-state index in [0.717, 1.165) is 25.9 Å². The molecule has 1 atom stereocenters. The van der Waals surface area contributed by atoms with E-state index in [1.165, 1.54) is 31.4 Å². The summed E-state index contributed by atoms with van der Waals surface area (Å²) in [7, 11) is 0. The molecule has 21 heavy (non-hydrogen) atoms. The molecule has 3 nitrogen and oxygen atoms in total. The molecule has 0 amide bonds. The molecule has 3 heteroatoms. The number of piperidine rings is 1. The van der Waals surface area contributed by atoms with E-state index < -0.39 is 0 Å². The zero-order valence-corrected chi connectivity index (χ0v) is 13.6. The van der Waals surface area contributed by atoms with Gasteiger partial charge < -0.3 is 9.64 Å². The van der Waals surface area contributed by atoms with Crippen LogP contribution in [0.2, 0.25) is 0 Å². The van der Waals surface area contributed by atoms with Gasteiger partial charge in [0, 0.05) is 12.8 Å². The second-order valence-electron chi connectivity index (χ2n) is 6.63. The monoisotopic (exact) mass is 292 g/mol. The van der Waals surface area contributed by atoms with Gasteiger partial charge in [-0.1, -0.05) is 18.2 Å². The predicted octanol–water partition coefficient (Wildman–Crippen LogP) is 2.15. The molecule has 1 aliphatic carbocycles. The average Bonchev–Trinajstić information content (AvgIpc) is 2.49. The van der Waals surface area contributed by atoms with Crippen LogP contribution in [0.4, 0.5) is 0 Å². The number of allylic oxidation sites excluding steroid dienone is 2. The van der Waals surface area contributed by atoms with Crippen LogP contribution in [0.1, 0.15) is 46.0 Å². The molecule has 0 unspecified atom stereocenters. The first-order valence-electron chi connectivity index (χ1n) is 8.43. The van der Waals surface area contributed by atoms with Gasteiger partial charge in [-0.05, 0) is 44.6 Å². The Kier molecular flexibility index (Phi) is 6.04. The van der Waals surface area contributed by atoms with Crippen LogP contribution in [0.5, 0.6) is 0 Å². The van der Waals surface area contributed by atoms with E-state index in [1.54, 1.807) is 10.5 Å². The molecule has 0 aromatic heterocycles. The number of carbonyl (C=O) groups excluding carboxylic acids is 1. The van der Waals surface area contributed by atoms with Crippen LogP contribution in [0.25, 0.3) is 0 Å². The third-order valence-corrected chi connectivity index (χ3v) is 4.99. The van der Waals surface area contributed by atoms with Crippen molar-refractivity contribution in [1.82, 2.24) is 0 Å². The van der Waals surface area contributed by atoms with Gasteiger partial charge in [0.25, 0.3) is 0 Å². The lowest BCUT2D eigenvalue weighted by atomic mass is 9.85. The predicted molar refractivity (Wildman–Crippen MR) is 85.2 cm³/mol. The Morgan fingerprint density at radius 3 is 2.57 bits per heavy atom. The fourth-order valence-corrected chi connectivity index (χ4v) is 3.52. The highest BCUT2D eigenvalue weighted by molar-refractivity contribution is 5.72. The lowest BCUT2D eigenvalue weighted by Gasteiger charge is -2.30. The molecule has 1 fully saturated rings. The van der Waals surface area contributed by atoms with Crippen LogP contribution < -0.4 is 4.90 Å². The number of rotatable bonds is 5. The normalized spacial score (nSPS) is 29.6. The Bertz CT molecular complexity index is 405. The van der Waals surface area contributed by atoms with Crippen LogP contribution in [-0.4, -0.2) is 32.2 Å². The van der Waals surface area contributed by atoms with Crippen molar-refractivity contribution in [3.8, 4) is 0 Å². The Morgan fingerprint density at radius 2 is 2.05 bits per heavy atom. The van der Waals surface area contributed by atoms with Crippen molar-refractivity contribution in [1.29, 1.82) is 0 Å². The minimum atomic E-state index is 0.0118. The van der Waals surface area contributed by atoms with E-state index in [4.69, 9.17) is 4.74 Å². The summed E-state index contributed by atoms with van der Waals surface area (Å²) in [5.41, 5.74) is 2.94. The molecule has 1 heterocycles. The van der Waals surface area contributed by atoms with Crippen molar-refractivity contribution in [2.24, 2.45) is 11.8 Å². The average molecular weight is 292 g/mol. The maximum atomic E-state index is 11.7. The zero-order valence-electron chi connectivity index (χ0n) is 13.6. The smallest absolute Gasteiger partial charge is 0.309 e. The quantitative estimate of drug-likeness (QED) is 0.622. The summed E-state index contributed by atoms with van der Waals surface area (Å²) in [6, 6.07) is 0. The lowest BCUT2D eigenvalue weighted by molar-refractivity contribution is -0.901. The molecule has 0 radical (unpaired) electrons. The Hall–Kier alpha value is -1.09. The van der Waals surface area contributed by atoms with Gasteiger partial charge in [0.2, 0.25) is 0 Å².